The van der Waals surface area contributed by atoms with Crippen molar-refractivity contribution in [3.63, 3.8) is 0 Å². The molecule has 7 heteroatoms. The van der Waals surface area contributed by atoms with Crippen LogP contribution in [0, 0.1) is 36.4 Å². The highest BCUT2D eigenvalue weighted by atomic mass is 19.1. The number of benzene rings is 1. The minimum atomic E-state index is -0.794. The van der Waals surface area contributed by atoms with Gasteiger partial charge in [0.2, 0.25) is 11.8 Å². The van der Waals surface area contributed by atoms with Gasteiger partial charge in [-0.25, -0.2) is 4.39 Å². The van der Waals surface area contributed by atoms with E-state index in [0.29, 0.717) is 30.9 Å². The minimum Gasteiger partial charge on any atom is -0.392 e. The zero-order valence-electron chi connectivity index (χ0n) is 16.8. The van der Waals surface area contributed by atoms with Gasteiger partial charge in [-0.3, -0.25) is 9.59 Å². The molecule has 158 valence electrons. The van der Waals surface area contributed by atoms with Crippen molar-refractivity contribution in [2.45, 2.75) is 37.6 Å². The van der Waals surface area contributed by atoms with Crippen LogP contribution in [0.3, 0.4) is 0 Å². The van der Waals surface area contributed by atoms with Gasteiger partial charge in [0.1, 0.15) is 11.4 Å². The Kier molecular flexibility index (Phi) is 3.79. The summed E-state index contributed by atoms with van der Waals surface area (Å²) in [4.78, 5) is 30.6. The molecule has 7 atom stereocenters. The fourth-order valence-corrected chi connectivity index (χ4v) is 6.49. The van der Waals surface area contributed by atoms with Gasteiger partial charge in [0.15, 0.2) is 0 Å². The van der Waals surface area contributed by atoms with E-state index in [1.165, 1.54) is 12.1 Å². The Bertz CT molecular complexity index is 966. The first kappa shape index (κ1) is 18.5. The molecule has 5 aliphatic rings. The molecule has 1 N–H and O–H groups in total. The van der Waals surface area contributed by atoms with Crippen LogP contribution in [0.25, 0.3) is 0 Å². The average Bonchev–Trinajstić information content (AvgIpc) is 3.39. The van der Waals surface area contributed by atoms with Crippen LogP contribution in [0.5, 0.6) is 0 Å². The highest BCUT2D eigenvalue weighted by Crippen LogP contribution is 2.53. The number of ether oxygens (including phenoxy) is 1. The van der Waals surface area contributed by atoms with E-state index < -0.39 is 17.4 Å². The predicted octanol–water partition coefficient (Wildman–Crippen LogP) is 1.65. The number of piperidine rings is 1. The van der Waals surface area contributed by atoms with Crippen LogP contribution in [0.1, 0.15) is 18.4 Å². The summed E-state index contributed by atoms with van der Waals surface area (Å²) in [5.74, 6) is -1.34. The van der Waals surface area contributed by atoms with Crippen molar-refractivity contribution in [3.8, 4) is 0 Å². The summed E-state index contributed by atoms with van der Waals surface area (Å²) in [5.41, 5.74) is 0.552. The molecule has 30 heavy (non-hydrogen) atoms. The first-order valence-electron chi connectivity index (χ1n) is 10.8. The number of nitrogens with zero attached hydrogens (tertiary/aromatic N) is 2. The third kappa shape index (κ3) is 2.36. The fourth-order valence-electron chi connectivity index (χ4n) is 6.49. The molecule has 1 aromatic rings. The van der Waals surface area contributed by atoms with Gasteiger partial charge in [0.05, 0.1) is 30.6 Å². The molecular weight excluding hydrogens is 387 g/mol. The number of likely N-dealkylation sites (tertiary alicyclic amines) is 1. The van der Waals surface area contributed by atoms with Crippen molar-refractivity contribution in [2.24, 2.45) is 23.7 Å². The zero-order chi connectivity index (χ0) is 20.8. The van der Waals surface area contributed by atoms with E-state index in [1.807, 2.05) is 17.1 Å². The summed E-state index contributed by atoms with van der Waals surface area (Å²) in [6.45, 7) is 3.23. The van der Waals surface area contributed by atoms with Crippen molar-refractivity contribution in [1.29, 1.82) is 0 Å². The Balaban J connectivity index is 1.31. The van der Waals surface area contributed by atoms with Crippen LogP contribution in [-0.2, 0) is 14.3 Å². The summed E-state index contributed by atoms with van der Waals surface area (Å²) < 4.78 is 19.8. The van der Waals surface area contributed by atoms with Crippen molar-refractivity contribution in [3.05, 3.63) is 41.7 Å². The highest BCUT2D eigenvalue weighted by molar-refractivity contribution is 6.03. The topological polar surface area (TPSA) is 70.1 Å². The van der Waals surface area contributed by atoms with Gasteiger partial charge in [0.25, 0.3) is 0 Å². The summed E-state index contributed by atoms with van der Waals surface area (Å²) in [6, 6.07) is 4.39. The molecule has 4 aliphatic heterocycles. The quantitative estimate of drug-likeness (QED) is 0.750. The van der Waals surface area contributed by atoms with E-state index in [2.05, 4.69) is 0 Å². The number of anilines is 1. The number of carbonyl (C=O) groups excluding carboxylic acids is 2. The average molecular weight is 412 g/mol. The third-order valence-corrected chi connectivity index (χ3v) is 7.93. The second kappa shape index (κ2) is 6.14. The number of carbonyl (C=O) groups is 2. The normalized spacial score (nSPS) is 41.1. The monoisotopic (exact) mass is 412 g/mol. The number of aliphatic hydroxyl groups excluding tert-OH is 1. The van der Waals surface area contributed by atoms with E-state index in [9.17, 15) is 19.1 Å². The van der Waals surface area contributed by atoms with Gasteiger partial charge < -0.3 is 19.6 Å². The molecule has 0 aromatic heterocycles. The number of aryl methyl sites for hydroxylation is 1. The van der Waals surface area contributed by atoms with E-state index in [4.69, 9.17) is 4.74 Å². The summed E-state index contributed by atoms with van der Waals surface area (Å²) >= 11 is 0. The zero-order valence-corrected chi connectivity index (χ0v) is 16.8. The Morgan fingerprint density at radius 3 is 2.70 bits per heavy atom. The standard InChI is InChI=1S/C23H25FN2O4/c1-12-8-15(24)4-5-16(12)26-11-23-7-6-17(30-23)18(19(23)22(26)29)21(28)25-9-13-2-3-14(10-25)20(13)27/h4-8,13-14,17-20,27H,2-3,9-11H2,1H3/t13-,14+,17-,18?,19?,20?,23-/m0/s1. The SMILES string of the molecule is Cc1cc(F)ccc1N1C[C@]23C=C[C@H](O2)C(C(=O)N2C[C@H]4CC[C@@H](C2)C4O)C3C1=O. The second-order valence-corrected chi connectivity index (χ2v) is 9.59. The Labute approximate surface area is 174 Å². The van der Waals surface area contributed by atoms with Gasteiger partial charge in [-0.05, 0) is 43.5 Å². The van der Waals surface area contributed by atoms with Crippen LogP contribution in [0.4, 0.5) is 10.1 Å². The molecular formula is C23H25FN2O4. The molecule has 3 saturated heterocycles. The van der Waals surface area contributed by atoms with Gasteiger partial charge in [-0.15, -0.1) is 0 Å². The van der Waals surface area contributed by atoms with Crippen molar-refractivity contribution < 1.29 is 23.8 Å². The Morgan fingerprint density at radius 1 is 1.27 bits per heavy atom. The molecule has 2 amide bonds. The van der Waals surface area contributed by atoms with Gasteiger partial charge in [0, 0.05) is 30.6 Å². The molecule has 3 unspecified atom stereocenters. The van der Waals surface area contributed by atoms with Crippen molar-refractivity contribution in [1.82, 2.24) is 4.90 Å². The largest absolute Gasteiger partial charge is 0.392 e. The van der Waals surface area contributed by atoms with E-state index in [-0.39, 0.29) is 41.7 Å². The molecule has 6 rings (SSSR count). The molecule has 4 bridgehead atoms. The first-order chi connectivity index (χ1) is 14.4. The molecule has 1 aromatic carbocycles. The molecule has 4 heterocycles. The number of fused-ring (bicyclic) bond motifs is 3. The number of hydrogen-bond donors (Lipinski definition) is 1. The maximum absolute atomic E-state index is 13.6. The van der Waals surface area contributed by atoms with Crippen LogP contribution in [0.2, 0.25) is 0 Å². The molecule has 0 radical (unpaired) electrons. The molecule has 6 nitrogen and oxygen atoms in total. The van der Waals surface area contributed by atoms with Gasteiger partial charge >= 0.3 is 0 Å². The summed E-state index contributed by atoms with van der Waals surface area (Å²) in [6.07, 6.45) is 5.05. The fraction of sp³-hybridized carbons (Fsp3) is 0.565. The van der Waals surface area contributed by atoms with Gasteiger partial charge in [-0.1, -0.05) is 12.2 Å². The molecule has 1 saturated carbocycles. The van der Waals surface area contributed by atoms with Crippen LogP contribution in [0.15, 0.2) is 30.4 Å². The van der Waals surface area contributed by atoms with Crippen molar-refractivity contribution >= 4 is 17.5 Å². The number of hydrogen-bond acceptors (Lipinski definition) is 4. The molecule has 1 spiro atoms. The van der Waals surface area contributed by atoms with E-state index in [0.717, 1.165) is 12.8 Å². The molecule has 1 aliphatic carbocycles. The lowest BCUT2D eigenvalue weighted by molar-refractivity contribution is -0.144. The summed E-state index contributed by atoms with van der Waals surface area (Å²) in [5, 5.41) is 10.3. The van der Waals surface area contributed by atoms with Crippen LogP contribution < -0.4 is 4.90 Å². The lowest BCUT2D eigenvalue weighted by atomic mass is 9.76. The van der Waals surface area contributed by atoms with Crippen molar-refractivity contribution in [2.75, 3.05) is 24.5 Å². The maximum atomic E-state index is 13.6. The smallest absolute Gasteiger partial charge is 0.234 e. The molecule has 4 fully saturated rings. The number of amides is 2. The number of halogens is 1. The number of rotatable bonds is 2. The Morgan fingerprint density at radius 2 is 2.00 bits per heavy atom. The Hall–Kier alpha value is -2.25. The second-order valence-electron chi connectivity index (χ2n) is 9.59. The van der Waals surface area contributed by atoms with Crippen LogP contribution >= 0.6 is 0 Å². The lowest BCUT2D eigenvalue weighted by Crippen LogP contribution is -2.52. The maximum Gasteiger partial charge on any atom is 0.234 e. The van der Waals surface area contributed by atoms with Gasteiger partial charge in [-0.2, -0.15) is 0 Å². The highest BCUT2D eigenvalue weighted by Gasteiger charge is 2.67. The van der Waals surface area contributed by atoms with E-state index >= 15 is 0 Å². The van der Waals surface area contributed by atoms with Crippen LogP contribution in [-0.4, -0.2) is 59.3 Å². The number of aliphatic hydroxyl groups is 1. The van der Waals surface area contributed by atoms with E-state index in [1.54, 1.807) is 17.9 Å². The third-order valence-electron chi connectivity index (χ3n) is 7.93. The first-order valence-corrected chi connectivity index (χ1v) is 10.8. The lowest BCUT2D eigenvalue weighted by Gasteiger charge is -2.38. The minimum absolute atomic E-state index is 0.0361. The predicted molar refractivity (Wildman–Crippen MR) is 106 cm³/mol. The summed E-state index contributed by atoms with van der Waals surface area (Å²) in [7, 11) is 0.